The van der Waals surface area contributed by atoms with E-state index in [4.69, 9.17) is 20.4 Å². The summed E-state index contributed by atoms with van der Waals surface area (Å²) in [6, 6.07) is 0. The normalized spacial score (nSPS) is 9.40. The fourth-order valence-electron chi connectivity index (χ4n) is 0.714. The molecule has 0 atom stereocenters. The summed E-state index contributed by atoms with van der Waals surface area (Å²) in [6.07, 6.45) is -2.29. The average molecular weight is 274 g/mol. The van der Waals surface area contributed by atoms with Crippen molar-refractivity contribution in [3.05, 3.63) is 0 Å². The Morgan fingerprint density at radius 3 is 1.40 bits per heavy atom. The number of aliphatic carboxylic acids is 3. The van der Waals surface area contributed by atoms with E-state index in [-0.39, 0.29) is 43.0 Å². The summed E-state index contributed by atoms with van der Waals surface area (Å²) in [5.74, 6) is -5.02. The van der Waals surface area contributed by atoms with Gasteiger partial charge in [0, 0.05) is 17.1 Å². The van der Waals surface area contributed by atoms with Gasteiger partial charge >= 0.3 is 41.0 Å². The van der Waals surface area contributed by atoms with E-state index in [0.29, 0.717) is 0 Å². The van der Waals surface area contributed by atoms with Crippen molar-refractivity contribution in [2.45, 2.75) is 18.4 Å². The van der Waals surface area contributed by atoms with E-state index in [1.54, 1.807) is 0 Å². The maximum absolute atomic E-state index is 10.3. The summed E-state index contributed by atoms with van der Waals surface area (Å²) in [5.41, 5.74) is -2.74. The molecule has 0 unspecified atom stereocenters. The first-order valence-electron chi connectivity index (χ1n) is 3.17. The number of hydrogen-bond donors (Lipinski definition) is 4. The Bertz CT molecular complexity index is 247. The first-order valence-corrected chi connectivity index (χ1v) is 3.17. The Hall–Kier alpha value is -0.344. The molecule has 4 N–H and O–H groups in total. The monoisotopic (exact) mass is 274 g/mol. The largest absolute Gasteiger partial charge is 2.00 e. The molecule has 0 radical (unpaired) electrons. The fourth-order valence-corrected chi connectivity index (χ4v) is 0.714. The maximum atomic E-state index is 10.3. The third kappa shape index (κ3) is 7.57. The standard InChI is InChI=1S/C6H8O7.Fe.Mg.2H/c7-3(8)1-6(13,5(11)12)2-4(9)10;;;;/h13H,1-2H2,(H,7,8)(H,9,10)(H,11,12);;;;/q;;+2;2*-1. The van der Waals surface area contributed by atoms with Crippen molar-refractivity contribution in [2.75, 3.05) is 0 Å². The van der Waals surface area contributed by atoms with Gasteiger partial charge in [-0.1, -0.05) is 0 Å². The van der Waals surface area contributed by atoms with Gasteiger partial charge in [0.2, 0.25) is 0 Å². The van der Waals surface area contributed by atoms with E-state index in [2.05, 4.69) is 0 Å². The number of carboxylic acid groups (broad SMARTS) is 3. The van der Waals surface area contributed by atoms with Crippen LogP contribution < -0.4 is 0 Å². The topological polar surface area (TPSA) is 132 Å². The molecule has 0 heterocycles. The van der Waals surface area contributed by atoms with Gasteiger partial charge in [-0.2, -0.15) is 0 Å². The van der Waals surface area contributed by atoms with Gasteiger partial charge in [0.05, 0.1) is 12.8 Å². The van der Waals surface area contributed by atoms with Gasteiger partial charge in [-0.15, -0.1) is 0 Å². The molecule has 0 spiro atoms. The maximum Gasteiger partial charge on any atom is 2.00 e. The van der Waals surface area contributed by atoms with Crippen molar-refractivity contribution in [1.29, 1.82) is 0 Å². The smallest absolute Gasteiger partial charge is 1.00 e. The van der Waals surface area contributed by atoms with Gasteiger partial charge in [-0.3, -0.25) is 9.59 Å². The molecule has 0 aliphatic rings. The molecular weight excluding hydrogens is 264 g/mol. The number of rotatable bonds is 5. The molecule has 0 bridgehead atoms. The van der Waals surface area contributed by atoms with Crippen molar-refractivity contribution >= 4 is 41.0 Å². The van der Waals surface area contributed by atoms with Gasteiger partial charge in [-0.25, -0.2) is 4.79 Å². The Kier molecular flexibility index (Phi) is 10.6. The molecule has 9 heteroatoms. The number of aliphatic hydroxyl groups is 1. The van der Waals surface area contributed by atoms with Crippen LogP contribution in [-0.2, 0) is 31.5 Å². The molecule has 0 fully saturated rings. The van der Waals surface area contributed by atoms with Gasteiger partial charge in [0.15, 0.2) is 5.60 Å². The van der Waals surface area contributed by atoms with E-state index in [0.717, 1.165) is 0 Å². The van der Waals surface area contributed by atoms with Crippen molar-refractivity contribution in [3.63, 3.8) is 0 Å². The van der Waals surface area contributed by atoms with E-state index >= 15 is 0 Å². The predicted octanol–water partition coefficient (Wildman–Crippen LogP) is -1.41. The molecule has 0 aromatic heterocycles. The molecular formula is C6H10FeMgO7. The van der Waals surface area contributed by atoms with E-state index in [1.807, 2.05) is 0 Å². The molecule has 0 saturated carbocycles. The van der Waals surface area contributed by atoms with Crippen molar-refractivity contribution in [2.24, 2.45) is 0 Å². The van der Waals surface area contributed by atoms with Gasteiger partial charge in [-0.05, 0) is 0 Å². The van der Waals surface area contributed by atoms with Gasteiger partial charge < -0.3 is 23.3 Å². The summed E-state index contributed by atoms with van der Waals surface area (Å²) in [5, 5.41) is 33.8. The van der Waals surface area contributed by atoms with Crippen LogP contribution >= 0.6 is 0 Å². The molecule has 0 aromatic rings. The fraction of sp³-hybridized carbons (Fsp3) is 0.500. The van der Waals surface area contributed by atoms with Crippen LogP contribution in [0.5, 0.6) is 0 Å². The predicted molar refractivity (Wildman–Crippen MR) is 45.1 cm³/mol. The Labute approximate surface area is 114 Å². The zero-order chi connectivity index (χ0) is 10.6. The van der Waals surface area contributed by atoms with Crippen LogP contribution in [0, 0.1) is 0 Å². The molecule has 0 rings (SSSR count). The molecule has 86 valence electrons. The van der Waals surface area contributed by atoms with Crippen LogP contribution in [0.2, 0.25) is 0 Å². The second kappa shape index (κ2) is 7.88. The first kappa shape index (κ1) is 20.1. The minimum atomic E-state index is -2.74. The zero-order valence-corrected chi connectivity index (χ0v) is 10.0. The summed E-state index contributed by atoms with van der Waals surface area (Å²) >= 11 is 0. The van der Waals surface area contributed by atoms with Gasteiger partial charge in [0.25, 0.3) is 0 Å². The van der Waals surface area contributed by atoms with E-state index in [9.17, 15) is 14.4 Å². The minimum absolute atomic E-state index is 0. The summed E-state index contributed by atoms with van der Waals surface area (Å²) in [6.45, 7) is 0. The van der Waals surface area contributed by atoms with Crippen LogP contribution in [0.15, 0.2) is 0 Å². The van der Waals surface area contributed by atoms with Crippen LogP contribution in [0.4, 0.5) is 0 Å². The summed E-state index contributed by atoms with van der Waals surface area (Å²) in [4.78, 5) is 30.5. The first-order chi connectivity index (χ1) is 5.78. The minimum Gasteiger partial charge on any atom is -1.00 e. The molecule has 0 aromatic carbocycles. The SMILES string of the molecule is O=C(O)CC(O)(CC(=O)O)C(=O)O.[Fe].[H-].[H-].[Mg+2]. The number of carboxylic acids is 3. The quantitative estimate of drug-likeness (QED) is 0.453. The van der Waals surface area contributed by atoms with Crippen molar-refractivity contribution in [1.82, 2.24) is 0 Å². The Morgan fingerprint density at radius 1 is 1.00 bits per heavy atom. The second-order valence-electron chi connectivity index (χ2n) is 2.48. The molecule has 0 aliphatic carbocycles. The average Bonchev–Trinajstić information content (AvgIpc) is 1.82. The van der Waals surface area contributed by atoms with Crippen LogP contribution in [0.1, 0.15) is 15.7 Å². The van der Waals surface area contributed by atoms with Crippen LogP contribution in [0.25, 0.3) is 0 Å². The summed E-state index contributed by atoms with van der Waals surface area (Å²) < 4.78 is 0. The third-order valence-corrected chi connectivity index (χ3v) is 1.29. The van der Waals surface area contributed by atoms with E-state index < -0.39 is 36.4 Å². The summed E-state index contributed by atoms with van der Waals surface area (Å²) in [7, 11) is 0. The number of hydrogen-bond acceptors (Lipinski definition) is 4. The third-order valence-electron chi connectivity index (χ3n) is 1.29. The van der Waals surface area contributed by atoms with Gasteiger partial charge in [0.1, 0.15) is 0 Å². The molecule has 7 nitrogen and oxygen atoms in total. The Balaban J connectivity index is -0.000000120. The van der Waals surface area contributed by atoms with Crippen LogP contribution in [-0.4, -0.2) is 67.0 Å². The van der Waals surface area contributed by atoms with Crippen LogP contribution in [0.3, 0.4) is 0 Å². The second-order valence-corrected chi connectivity index (χ2v) is 2.48. The molecule has 0 aliphatic heterocycles. The molecule has 0 saturated heterocycles. The van der Waals surface area contributed by atoms with Crippen molar-refractivity contribution in [3.8, 4) is 0 Å². The number of carbonyl (C=O) groups is 3. The van der Waals surface area contributed by atoms with Crippen molar-refractivity contribution < 1.29 is 54.7 Å². The molecule has 15 heavy (non-hydrogen) atoms. The Morgan fingerprint density at radius 2 is 1.27 bits per heavy atom. The zero-order valence-electron chi connectivity index (χ0n) is 9.49. The molecule has 0 amide bonds. The van der Waals surface area contributed by atoms with E-state index in [1.165, 1.54) is 0 Å².